The van der Waals surface area contributed by atoms with Crippen LogP contribution in [0.15, 0.2) is 30.9 Å². The van der Waals surface area contributed by atoms with Crippen molar-refractivity contribution in [1.82, 2.24) is 9.55 Å². The van der Waals surface area contributed by atoms with Crippen LogP contribution >= 0.6 is 0 Å². The standard InChI is InChI=1S/C11H12AsN3O/c1-2-5-15-9-4-3-7(10(13)16)6-8(9)14-11(15)12/h2-4,6H,1,5,12H2,(H2,13,16). The van der Waals surface area contributed by atoms with Crippen LogP contribution < -0.4 is 10.3 Å². The van der Waals surface area contributed by atoms with Crippen LogP contribution in [0.3, 0.4) is 0 Å². The third-order valence-electron chi connectivity index (χ3n) is 2.37. The molecule has 1 unspecified atom stereocenters. The third-order valence-corrected chi connectivity index (χ3v) is 3.30. The summed E-state index contributed by atoms with van der Waals surface area (Å²) in [5.41, 5.74) is 7.52. The van der Waals surface area contributed by atoms with Crippen molar-refractivity contribution in [2.75, 3.05) is 0 Å². The van der Waals surface area contributed by atoms with Gasteiger partial charge < -0.3 is 0 Å². The number of primary amides is 1. The molecule has 1 aromatic heterocycles. The molecule has 82 valence electrons. The van der Waals surface area contributed by atoms with E-state index in [0.717, 1.165) is 22.2 Å². The van der Waals surface area contributed by atoms with Crippen molar-refractivity contribution in [2.45, 2.75) is 6.54 Å². The molecule has 2 rings (SSSR count). The predicted molar refractivity (Wildman–Crippen MR) is 66.6 cm³/mol. The molecule has 0 fully saturated rings. The van der Waals surface area contributed by atoms with Gasteiger partial charge in [0.25, 0.3) is 0 Å². The number of imidazole rings is 1. The summed E-state index contributed by atoms with van der Waals surface area (Å²) >= 11 is 1.45. The van der Waals surface area contributed by atoms with Crippen molar-refractivity contribution < 1.29 is 4.79 Å². The summed E-state index contributed by atoms with van der Waals surface area (Å²) in [5, 5.41) is 0. The second-order valence-corrected chi connectivity index (χ2v) is 4.52. The van der Waals surface area contributed by atoms with Crippen molar-refractivity contribution in [3.63, 3.8) is 0 Å². The Morgan fingerprint density at radius 2 is 2.38 bits per heavy atom. The molecule has 0 saturated heterocycles. The predicted octanol–water partition coefficient (Wildman–Crippen LogP) is -0.420. The zero-order valence-corrected chi connectivity index (χ0v) is 11.1. The summed E-state index contributed by atoms with van der Waals surface area (Å²) in [6.45, 7) is 4.44. The molecule has 0 saturated carbocycles. The first-order valence-electron chi connectivity index (χ1n) is 4.80. The van der Waals surface area contributed by atoms with Crippen LogP contribution in [0.5, 0.6) is 0 Å². The molecule has 1 heterocycles. The molecule has 16 heavy (non-hydrogen) atoms. The Labute approximate surface area is 102 Å². The van der Waals surface area contributed by atoms with E-state index >= 15 is 0 Å². The van der Waals surface area contributed by atoms with E-state index in [0.29, 0.717) is 5.56 Å². The summed E-state index contributed by atoms with van der Waals surface area (Å²) in [7, 11) is 0. The van der Waals surface area contributed by atoms with Gasteiger partial charge in [-0.2, -0.15) is 0 Å². The number of nitrogens with zero attached hydrogens (tertiary/aromatic N) is 2. The van der Waals surface area contributed by atoms with E-state index in [2.05, 4.69) is 16.1 Å². The van der Waals surface area contributed by atoms with Gasteiger partial charge in [-0.15, -0.1) is 0 Å². The molecular weight excluding hydrogens is 265 g/mol. The Hall–Kier alpha value is -1.54. The second-order valence-electron chi connectivity index (χ2n) is 3.44. The maximum absolute atomic E-state index is 11.0. The summed E-state index contributed by atoms with van der Waals surface area (Å²) in [6, 6.07) is 5.31. The summed E-state index contributed by atoms with van der Waals surface area (Å²) in [4.78, 5) is 15.4. The fourth-order valence-corrected chi connectivity index (χ4v) is 2.43. The number of carbonyl (C=O) groups excluding carboxylic acids is 1. The molecule has 0 spiro atoms. The average Bonchev–Trinajstić information content (AvgIpc) is 2.55. The van der Waals surface area contributed by atoms with Crippen LogP contribution in [0.1, 0.15) is 10.4 Å². The van der Waals surface area contributed by atoms with E-state index in [4.69, 9.17) is 5.73 Å². The molecule has 5 heteroatoms. The first kappa shape index (κ1) is 11.0. The van der Waals surface area contributed by atoms with Crippen molar-refractivity contribution in [3.8, 4) is 0 Å². The Morgan fingerprint density at radius 3 is 3.00 bits per heavy atom. The Morgan fingerprint density at radius 1 is 1.62 bits per heavy atom. The monoisotopic (exact) mass is 277 g/mol. The van der Waals surface area contributed by atoms with Crippen molar-refractivity contribution in [3.05, 3.63) is 36.4 Å². The fourth-order valence-electron chi connectivity index (χ4n) is 1.62. The van der Waals surface area contributed by atoms with Gasteiger partial charge in [0.05, 0.1) is 0 Å². The molecule has 0 aliphatic carbocycles. The van der Waals surface area contributed by atoms with Crippen LogP contribution in [0.4, 0.5) is 0 Å². The Balaban J connectivity index is 2.64. The molecule has 2 N–H and O–H groups in total. The molecule has 1 aromatic carbocycles. The molecule has 2 aromatic rings. The van der Waals surface area contributed by atoms with Gasteiger partial charge in [-0.05, 0) is 0 Å². The van der Waals surface area contributed by atoms with Crippen molar-refractivity contribution >= 4 is 38.4 Å². The quantitative estimate of drug-likeness (QED) is 0.612. The fraction of sp³-hybridized carbons (Fsp3) is 0.0909. The number of hydrogen-bond acceptors (Lipinski definition) is 2. The number of amides is 1. The van der Waals surface area contributed by atoms with Gasteiger partial charge in [-0.25, -0.2) is 0 Å². The van der Waals surface area contributed by atoms with Crippen LogP contribution in [-0.4, -0.2) is 32.3 Å². The van der Waals surface area contributed by atoms with E-state index in [-0.39, 0.29) is 0 Å². The Bertz CT molecular complexity index is 574. The van der Waals surface area contributed by atoms with Crippen LogP contribution in [0, 0.1) is 0 Å². The Kier molecular flexibility index (Phi) is 2.84. The molecule has 0 aliphatic rings. The van der Waals surface area contributed by atoms with E-state index < -0.39 is 5.91 Å². The molecule has 1 amide bonds. The zero-order valence-electron chi connectivity index (χ0n) is 8.68. The van der Waals surface area contributed by atoms with Crippen LogP contribution in [0.25, 0.3) is 11.0 Å². The van der Waals surface area contributed by atoms with Gasteiger partial charge in [-0.1, -0.05) is 0 Å². The molecule has 0 radical (unpaired) electrons. The third kappa shape index (κ3) is 1.76. The van der Waals surface area contributed by atoms with Gasteiger partial charge >= 0.3 is 101 Å². The number of hydrogen-bond donors (Lipinski definition) is 1. The average molecular weight is 277 g/mol. The molecular formula is C11H12AsN3O. The van der Waals surface area contributed by atoms with Gasteiger partial charge in [0.15, 0.2) is 0 Å². The van der Waals surface area contributed by atoms with Crippen LogP contribution in [-0.2, 0) is 6.54 Å². The van der Waals surface area contributed by atoms with Gasteiger partial charge in [0.2, 0.25) is 0 Å². The number of benzene rings is 1. The van der Waals surface area contributed by atoms with E-state index in [1.54, 1.807) is 12.1 Å². The molecule has 0 aliphatic heterocycles. The number of rotatable bonds is 3. The van der Waals surface area contributed by atoms with Gasteiger partial charge in [-0.3, -0.25) is 0 Å². The van der Waals surface area contributed by atoms with Crippen LogP contribution in [0.2, 0.25) is 0 Å². The normalized spacial score (nSPS) is 10.6. The van der Waals surface area contributed by atoms with E-state index in [9.17, 15) is 4.79 Å². The van der Waals surface area contributed by atoms with E-state index in [1.165, 1.54) is 16.9 Å². The minimum atomic E-state index is -0.427. The van der Waals surface area contributed by atoms with Crippen molar-refractivity contribution in [2.24, 2.45) is 5.73 Å². The zero-order chi connectivity index (χ0) is 11.7. The topological polar surface area (TPSA) is 60.9 Å². The minimum absolute atomic E-state index is 0.427. The summed E-state index contributed by atoms with van der Waals surface area (Å²) < 4.78 is 3.02. The number of fused-ring (bicyclic) bond motifs is 1. The van der Waals surface area contributed by atoms with E-state index in [1.807, 2.05) is 12.1 Å². The van der Waals surface area contributed by atoms with Gasteiger partial charge in [0, 0.05) is 0 Å². The SMILES string of the molecule is C=CCn1c([AsH2])nc2cc(C(N)=O)ccc21. The molecule has 1 atom stereocenters. The second kappa shape index (κ2) is 4.14. The first-order valence-corrected chi connectivity index (χ1v) is 6.01. The molecule has 4 nitrogen and oxygen atoms in total. The first-order chi connectivity index (χ1) is 7.63. The van der Waals surface area contributed by atoms with Gasteiger partial charge in [0.1, 0.15) is 0 Å². The number of allylic oxidation sites excluding steroid dienone is 1. The number of aromatic nitrogens is 2. The summed E-state index contributed by atoms with van der Waals surface area (Å²) in [5.74, 6) is -0.427. The number of nitrogens with two attached hydrogens (primary N) is 1. The van der Waals surface area contributed by atoms with Crippen molar-refractivity contribution in [1.29, 1.82) is 0 Å². The maximum atomic E-state index is 11.0. The summed E-state index contributed by atoms with van der Waals surface area (Å²) in [6.07, 6.45) is 1.83. The molecule has 0 bridgehead atoms. The number of carbonyl (C=O) groups is 1.